The van der Waals surface area contributed by atoms with Crippen LogP contribution in [0.4, 0.5) is 5.69 Å². The lowest BCUT2D eigenvalue weighted by Crippen LogP contribution is -2.33. The van der Waals surface area contributed by atoms with Crippen LogP contribution in [0.2, 0.25) is 0 Å². The molecule has 1 amide bonds. The quantitative estimate of drug-likeness (QED) is 0.920. The summed E-state index contributed by atoms with van der Waals surface area (Å²) in [7, 11) is 0. The minimum Gasteiger partial charge on any atom is -0.449 e. The van der Waals surface area contributed by atoms with Gasteiger partial charge in [-0.25, -0.2) is 0 Å². The van der Waals surface area contributed by atoms with Crippen molar-refractivity contribution in [2.75, 3.05) is 5.32 Å². The van der Waals surface area contributed by atoms with Gasteiger partial charge in [0.1, 0.15) is 0 Å². The summed E-state index contributed by atoms with van der Waals surface area (Å²) in [6.45, 7) is 6.43. The van der Waals surface area contributed by atoms with E-state index in [0.717, 1.165) is 12.0 Å². The molecule has 122 valence electrons. The first kappa shape index (κ1) is 15.4. The number of nitrogens with zero attached hydrogens (tertiary/aromatic N) is 2. The number of nitrogens with one attached hydrogen (secondary N) is 1. The Balaban J connectivity index is 1.59. The van der Waals surface area contributed by atoms with Crippen molar-refractivity contribution in [2.45, 2.75) is 45.9 Å². The van der Waals surface area contributed by atoms with Crippen LogP contribution in [0.3, 0.4) is 0 Å². The van der Waals surface area contributed by atoms with Crippen molar-refractivity contribution in [3.63, 3.8) is 0 Å². The van der Waals surface area contributed by atoms with Crippen LogP contribution in [-0.2, 0) is 11.3 Å². The molecule has 1 aromatic carbocycles. The van der Waals surface area contributed by atoms with Crippen molar-refractivity contribution in [1.29, 1.82) is 0 Å². The average Bonchev–Trinajstić information content (AvgIpc) is 3.08. The molecule has 3 rings (SSSR count). The van der Waals surface area contributed by atoms with Gasteiger partial charge in [-0.05, 0) is 24.6 Å². The lowest BCUT2D eigenvalue weighted by atomic mass is 10.2. The number of amides is 1. The predicted molar refractivity (Wildman–Crippen MR) is 86.6 cm³/mol. The number of anilines is 1. The van der Waals surface area contributed by atoms with Gasteiger partial charge in [-0.3, -0.25) is 9.48 Å². The smallest absolute Gasteiger partial charge is 0.248 e. The van der Waals surface area contributed by atoms with E-state index in [9.17, 15) is 4.79 Å². The van der Waals surface area contributed by atoms with E-state index >= 15 is 0 Å². The molecule has 2 aromatic rings. The molecule has 0 fully saturated rings. The maximum atomic E-state index is 12.1. The summed E-state index contributed by atoms with van der Waals surface area (Å²) in [4.78, 5) is 12.1. The highest BCUT2D eigenvalue weighted by atomic mass is 16.7. The summed E-state index contributed by atoms with van der Waals surface area (Å²) in [5.41, 5.74) is 1.79. The second-order valence-electron chi connectivity index (χ2n) is 5.93. The number of rotatable bonds is 5. The first-order chi connectivity index (χ1) is 11.0. The van der Waals surface area contributed by atoms with Crippen LogP contribution in [0.1, 0.15) is 32.3 Å². The Labute approximate surface area is 135 Å². The topological polar surface area (TPSA) is 65.4 Å². The standard InChI is InChI=1S/C17H21N3O3/c1-4-17(3)22-14-6-5-13(9-15(14)23-17)19-16(21)7-8-20-11-12(2)10-18-20/h5-6,9-11H,4,7-8H2,1-3H3,(H,19,21). The van der Waals surface area contributed by atoms with Gasteiger partial charge >= 0.3 is 0 Å². The number of hydrogen-bond donors (Lipinski definition) is 1. The van der Waals surface area contributed by atoms with E-state index in [1.165, 1.54) is 0 Å². The number of carbonyl (C=O) groups excluding carboxylic acids is 1. The molecule has 1 N–H and O–H groups in total. The molecule has 1 atom stereocenters. The third-order valence-corrected chi connectivity index (χ3v) is 3.85. The lowest BCUT2D eigenvalue weighted by Gasteiger charge is -2.20. The Morgan fingerprint density at radius 3 is 2.83 bits per heavy atom. The number of hydrogen-bond acceptors (Lipinski definition) is 4. The monoisotopic (exact) mass is 315 g/mol. The van der Waals surface area contributed by atoms with E-state index in [0.29, 0.717) is 30.2 Å². The molecule has 23 heavy (non-hydrogen) atoms. The summed E-state index contributed by atoms with van der Waals surface area (Å²) in [6, 6.07) is 5.44. The highest BCUT2D eigenvalue weighted by Gasteiger charge is 2.34. The molecule has 0 spiro atoms. The number of ether oxygens (including phenoxy) is 2. The maximum Gasteiger partial charge on any atom is 0.248 e. The zero-order valence-corrected chi connectivity index (χ0v) is 13.6. The van der Waals surface area contributed by atoms with Crippen LogP contribution < -0.4 is 14.8 Å². The molecule has 0 radical (unpaired) electrons. The van der Waals surface area contributed by atoms with Gasteiger partial charge in [0.15, 0.2) is 11.5 Å². The van der Waals surface area contributed by atoms with Gasteiger partial charge in [-0.2, -0.15) is 5.10 Å². The Morgan fingerprint density at radius 1 is 1.35 bits per heavy atom. The van der Waals surface area contributed by atoms with Gasteiger partial charge in [0.05, 0.1) is 6.20 Å². The van der Waals surface area contributed by atoms with Crippen LogP contribution in [-0.4, -0.2) is 21.5 Å². The Bertz CT molecular complexity index is 726. The molecule has 6 heteroatoms. The van der Waals surface area contributed by atoms with E-state index in [1.807, 2.05) is 39.1 Å². The first-order valence-electron chi connectivity index (χ1n) is 7.78. The fraction of sp³-hybridized carbons (Fsp3) is 0.412. The molecule has 1 aliphatic heterocycles. The van der Waals surface area contributed by atoms with Crippen molar-refractivity contribution in [1.82, 2.24) is 9.78 Å². The van der Waals surface area contributed by atoms with E-state index in [1.54, 1.807) is 16.9 Å². The van der Waals surface area contributed by atoms with Crippen molar-refractivity contribution in [3.8, 4) is 11.5 Å². The van der Waals surface area contributed by atoms with Crippen molar-refractivity contribution in [3.05, 3.63) is 36.2 Å². The second kappa shape index (κ2) is 5.95. The minimum absolute atomic E-state index is 0.0599. The fourth-order valence-corrected chi connectivity index (χ4v) is 2.41. The van der Waals surface area contributed by atoms with Crippen LogP contribution in [0, 0.1) is 6.92 Å². The molecule has 0 bridgehead atoms. The molecule has 1 aliphatic rings. The molecule has 1 unspecified atom stereocenters. The van der Waals surface area contributed by atoms with Gasteiger partial charge in [0.25, 0.3) is 0 Å². The summed E-state index contributed by atoms with van der Waals surface area (Å²) in [5.74, 6) is 0.688. The van der Waals surface area contributed by atoms with Crippen molar-refractivity contribution in [2.24, 2.45) is 0 Å². The van der Waals surface area contributed by atoms with Gasteiger partial charge in [0, 0.05) is 44.3 Å². The van der Waals surface area contributed by atoms with Gasteiger partial charge in [0.2, 0.25) is 11.7 Å². The number of aryl methyl sites for hydroxylation is 2. The largest absolute Gasteiger partial charge is 0.449 e. The van der Waals surface area contributed by atoms with Crippen molar-refractivity contribution >= 4 is 11.6 Å². The molecule has 0 saturated heterocycles. The summed E-state index contributed by atoms with van der Waals surface area (Å²) < 4.78 is 13.3. The first-order valence-corrected chi connectivity index (χ1v) is 7.78. The van der Waals surface area contributed by atoms with E-state index in [4.69, 9.17) is 9.47 Å². The molecular formula is C17H21N3O3. The van der Waals surface area contributed by atoms with Gasteiger partial charge in [-0.1, -0.05) is 6.92 Å². The normalized spacial score (nSPS) is 18.9. The van der Waals surface area contributed by atoms with Crippen molar-refractivity contribution < 1.29 is 14.3 Å². The molecule has 1 aromatic heterocycles. The third-order valence-electron chi connectivity index (χ3n) is 3.85. The highest BCUT2D eigenvalue weighted by molar-refractivity contribution is 5.91. The second-order valence-corrected chi connectivity index (χ2v) is 5.93. The number of fused-ring (bicyclic) bond motifs is 1. The van der Waals surface area contributed by atoms with Gasteiger partial charge in [-0.15, -0.1) is 0 Å². The van der Waals surface area contributed by atoms with E-state index in [-0.39, 0.29) is 5.91 Å². The Kier molecular flexibility index (Phi) is 3.98. The van der Waals surface area contributed by atoms with E-state index < -0.39 is 5.79 Å². The van der Waals surface area contributed by atoms with E-state index in [2.05, 4.69) is 10.4 Å². The molecular weight excluding hydrogens is 294 g/mol. The number of benzene rings is 1. The fourth-order valence-electron chi connectivity index (χ4n) is 2.41. The highest BCUT2D eigenvalue weighted by Crippen LogP contribution is 2.41. The van der Waals surface area contributed by atoms with Crippen LogP contribution in [0.15, 0.2) is 30.6 Å². The minimum atomic E-state index is -0.622. The Hall–Kier alpha value is -2.50. The van der Waals surface area contributed by atoms with Gasteiger partial charge < -0.3 is 14.8 Å². The maximum absolute atomic E-state index is 12.1. The molecule has 0 aliphatic carbocycles. The summed E-state index contributed by atoms with van der Waals surface area (Å²) >= 11 is 0. The number of carbonyl (C=O) groups is 1. The van der Waals surface area contributed by atoms with Crippen LogP contribution >= 0.6 is 0 Å². The average molecular weight is 315 g/mol. The predicted octanol–water partition coefficient (Wildman–Crippen LogP) is 3.12. The number of aromatic nitrogens is 2. The molecule has 0 saturated carbocycles. The summed E-state index contributed by atoms with van der Waals surface area (Å²) in [6.07, 6.45) is 4.80. The zero-order valence-electron chi connectivity index (χ0n) is 13.6. The SMILES string of the molecule is CCC1(C)Oc2ccc(NC(=O)CCn3cc(C)cn3)cc2O1. The van der Waals surface area contributed by atoms with Crippen LogP contribution in [0.25, 0.3) is 0 Å². The van der Waals surface area contributed by atoms with Crippen LogP contribution in [0.5, 0.6) is 11.5 Å². The Morgan fingerprint density at radius 2 is 2.13 bits per heavy atom. The molecule has 6 nitrogen and oxygen atoms in total. The molecule has 2 heterocycles. The lowest BCUT2D eigenvalue weighted by molar-refractivity contribution is -0.116. The third kappa shape index (κ3) is 3.47. The zero-order chi connectivity index (χ0) is 16.4. The summed E-state index contributed by atoms with van der Waals surface area (Å²) in [5, 5.41) is 7.05.